The van der Waals surface area contributed by atoms with Gasteiger partial charge in [-0.1, -0.05) is 26.1 Å². The van der Waals surface area contributed by atoms with Crippen molar-refractivity contribution < 1.29 is 4.79 Å². The summed E-state index contributed by atoms with van der Waals surface area (Å²) < 4.78 is 0. The molecule has 2 rings (SSSR count). The number of carbonyl (C=O) groups excluding carboxylic acids is 1. The van der Waals surface area contributed by atoms with Crippen LogP contribution in [0.3, 0.4) is 0 Å². The number of nitrogens with two attached hydrogens (primary N) is 1. The predicted octanol–water partition coefficient (Wildman–Crippen LogP) is 1.67. The van der Waals surface area contributed by atoms with Gasteiger partial charge in [0.1, 0.15) is 0 Å². The number of hydrogen-bond donors (Lipinski definition) is 2. The summed E-state index contributed by atoms with van der Waals surface area (Å²) in [7, 11) is 0. The average Bonchev–Trinajstić information content (AvgIpc) is 2.44. The number of carbonyl (C=O) groups is 1. The third kappa shape index (κ3) is 3.08. The van der Waals surface area contributed by atoms with Crippen molar-refractivity contribution in [1.82, 2.24) is 15.3 Å². The molecule has 0 spiro atoms. The van der Waals surface area contributed by atoms with Gasteiger partial charge >= 0.3 is 0 Å². The van der Waals surface area contributed by atoms with E-state index in [4.69, 9.17) is 18.0 Å². The van der Waals surface area contributed by atoms with Crippen molar-refractivity contribution >= 4 is 34.1 Å². The SMILES string of the molecule is CC(C)(CNC(=O)c1ccc2nccnc2c1)C(N)=S. The Balaban J connectivity index is 2.14. The van der Waals surface area contributed by atoms with E-state index >= 15 is 0 Å². The Morgan fingerprint density at radius 1 is 1.30 bits per heavy atom. The number of hydrogen-bond acceptors (Lipinski definition) is 4. The second-order valence-corrected chi connectivity index (χ2v) is 5.63. The molecular weight excluding hydrogens is 272 g/mol. The fourth-order valence-corrected chi connectivity index (χ4v) is 1.67. The summed E-state index contributed by atoms with van der Waals surface area (Å²) in [5, 5.41) is 2.83. The number of nitrogens with one attached hydrogen (secondary N) is 1. The first-order valence-corrected chi connectivity index (χ1v) is 6.60. The minimum Gasteiger partial charge on any atom is -0.393 e. The van der Waals surface area contributed by atoms with Gasteiger partial charge in [0.25, 0.3) is 5.91 Å². The zero-order valence-corrected chi connectivity index (χ0v) is 12.2. The van der Waals surface area contributed by atoms with Crippen molar-refractivity contribution in [3.8, 4) is 0 Å². The van der Waals surface area contributed by atoms with Crippen LogP contribution in [0, 0.1) is 5.41 Å². The molecule has 0 atom stereocenters. The maximum Gasteiger partial charge on any atom is 0.251 e. The third-order valence-electron chi connectivity index (χ3n) is 3.09. The fraction of sp³-hybridized carbons (Fsp3) is 0.286. The van der Waals surface area contributed by atoms with Gasteiger partial charge in [-0.15, -0.1) is 0 Å². The van der Waals surface area contributed by atoms with Crippen LogP contribution in [-0.2, 0) is 0 Å². The minimum atomic E-state index is -0.415. The fourth-order valence-electron chi connectivity index (χ4n) is 1.59. The molecule has 2 aromatic rings. The number of thiocarbonyl (C=S) groups is 1. The van der Waals surface area contributed by atoms with Gasteiger partial charge in [-0.05, 0) is 18.2 Å². The molecular formula is C14H16N4OS. The zero-order chi connectivity index (χ0) is 14.8. The Labute approximate surface area is 122 Å². The Bertz CT molecular complexity index is 669. The van der Waals surface area contributed by atoms with Crippen molar-refractivity contribution in [2.24, 2.45) is 11.1 Å². The molecule has 0 fully saturated rings. The zero-order valence-electron chi connectivity index (χ0n) is 11.4. The second kappa shape index (κ2) is 5.50. The van der Waals surface area contributed by atoms with Crippen LogP contribution in [-0.4, -0.2) is 27.4 Å². The molecule has 0 aliphatic rings. The molecule has 104 valence electrons. The lowest BCUT2D eigenvalue weighted by molar-refractivity contribution is 0.0945. The summed E-state index contributed by atoms with van der Waals surface area (Å²) >= 11 is 4.97. The first-order valence-electron chi connectivity index (χ1n) is 6.19. The third-order valence-corrected chi connectivity index (χ3v) is 3.64. The summed E-state index contributed by atoms with van der Waals surface area (Å²) in [5.41, 5.74) is 7.20. The highest BCUT2D eigenvalue weighted by Crippen LogP contribution is 2.15. The Hall–Kier alpha value is -2.08. The molecule has 3 N–H and O–H groups in total. The number of aromatic nitrogens is 2. The second-order valence-electron chi connectivity index (χ2n) is 5.19. The number of rotatable bonds is 4. The summed E-state index contributed by atoms with van der Waals surface area (Å²) in [4.78, 5) is 20.8. The average molecular weight is 288 g/mol. The molecule has 6 heteroatoms. The molecule has 0 bridgehead atoms. The standard InChI is InChI=1S/C14H16N4OS/c1-14(2,13(15)20)8-18-12(19)9-3-4-10-11(7-9)17-6-5-16-10/h3-7H,8H2,1-2H3,(H2,15,20)(H,18,19). The summed E-state index contributed by atoms with van der Waals surface area (Å²) in [6.45, 7) is 4.17. The molecule has 1 heterocycles. The van der Waals surface area contributed by atoms with Gasteiger partial charge in [-0.3, -0.25) is 14.8 Å². The molecule has 20 heavy (non-hydrogen) atoms. The molecule has 5 nitrogen and oxygen atoms in total. The van der Waals surface area contributed by atoms with Gasteiger partial charge in [0.2, 0.25) is 0 Å². The Kier molecular flexibility index (Phi) is 3.94. The molecule has 1 aromatic carbocycles. The summed E-state index contributed by atoms with van der Waals surface area (Å²) in [6, 6.07) is 5.21. The lowest BCUT2D eigenvalue weighted by Crippen LogP contribution is -2.41. The smallest absolute Gasteiger partial charge is 0.251 e. The quantitative estimate of drug-likeness (QED) is 0.836. The summed E-state index contributed by atoms with van der Waals surface area (Å²) in [5.74, 6) is -0.179. The van der Waals surface area contributed by atoms with Crippen molar-refractivity contribution in [2.45, 2.75) is 13.8 Å². The van der Waals surface area contributed by atoms with Gasteiger partial charge in [-0.25, -0.2) is 0 Å². The van der Waals surface area contributed by atoms with Crippen LogP contribution >= 0.6 is 12.2 Å². The lowest BCUT2D eigenvalue weighted by Gasteiger charge is -2.23. The van der Waals surface area contributed by atoms with Gasteiger partial charge in [0.15, 0.2) is 0 Å². The van der Waals surface area contributed by atoms with Crippen LogP contribution in [0.15, 0.2) is 30.6 Å². The van der Waals surface area contributed by atoms with Crippen LogP contribution in [0.5, 0.6) is 0 Å². The van der Waals surface area contributed by atoms with Gasteiger partial charge in [0.05, 0.1) is 16.0 Å². The molecule has 0 aliphatic carbocycles. The molecule has 0 saturated carbocycles. The highest BCUT2D eigenvalue weighted by Gasteiger charge is 2.22. The summed E-state index contributed by atoms with van der Waals surface area (Å²) in [6.07, 6.45) is 3.22. The van der Waals surface area contributed by atoms with E-state index in [1.165, 1.54) is 0 Å². The molecule has 0 radical (unpaired) electrons. The molecule has 0 aliphatic heterocycles. The monoisotopic (exact) mass is 288 g/mol. The molecule has 0 unspecified atom stereocenters. The van der Waals surface area contributed by atoms with Gasteiger partial charge in [0, 0.05) is 29.9 Å². The lowest BCUT2D eigenvalue weighted by atomic mass is 9.93. The first-order chi connectivity index (χ1) is 9.40. The number of nitrogens with zero attached hydrogens (tertiary/aromatic N) is 2. The van der Waals surface area contributed by atoms with E-state index in [1.807, 2.05) is 13.8 Å². The largest absolute Gasteiger partial charge is 0.393 e. The van der Waals surface area contributed by atoms with Crippen molar-refractivity contribution in [1.29, 1.82) is 0 Å². The number of fused-ring (bicyclic) bond motifs is 1. The van der Waals surface area contributed by atoms with Crippen LogP contribution in [0.2, 0.25) is 0 Å². The van der Waals surface area contributed by atoms with Crippen LogP contribution in [0.25, 0.3) is 11.0 Å². The van der Waals surface area contributed by atoms with Crippen LogP contribution in [0.4, 0.5) is 0 Å². The van der Waals surface area contributed by atoms with Crippen molar-refractivity contribution in [2.75, 3.05) is 6.54 Å². The highest BCUT2D eigenvalue weighted by molar-refractivity contribution is 7.80. The van der Waals surface area contributed by atoms with Crippen LogP contribution in [0.1, 0.15) is 24.2 Å². The van der Waals surface area contributed by atoms with E-state index < -0.39 is 5.41 Å². The van der Waals surface area contributed by atoms with Crippen molar-refractivity contribution in [3.63, 3.8) is 0 Å². The minimum absolute atomic E-state index is 0.179. The molecule has 1 aromatic heterocycles. The van der Waals surface area contributed by atoms with Gasteiger partial charge < -0.3 is 11.1 Å². The van der Waals surface area contributed by atoms with E-state index in [0.717, 1.165) is 5.52 Å². The molecule has 0 saturated heterocycles. The van der Waals surface area contributed by atoms with E-state index in [9.17, 15) is 4.79 Å². The Morgan fingerprint density at radius 3 is 2.60 bits per heavy atom. The van der Waals surface area contributed by atoms with Gasteiger partial charge in [-0.2, -0.15) is 0 Å². The maximum absolute atomic E-state index is 12.1. The maximum atomic E-state index is 12.1. The van der Waals surface area contributed by atoms with E-state index in [0.29, 0.717) is 22.6 Å². The normalized spacial score (nSPS) is 11.3. The van der Waals surface area contributed by atoms with E-state index in [-0.39, 0.29) is 5.91 Å². The van der Waals surface area contributed by atoms with E-state index in [1.54, 1.807) is 30.6 Å². The first kappa shape index (κ1) is 14.3. The predicted molar refractivity (Wildman–Crippen MR) is 82.4 cm³/mol. The van der Waals surface area contributed by atoms with E-state index in [2.05, 4.69) is 15.3 Å². The number of benzene rings is 1. The van der Waals surface area contributed by atoms with Crippen molar-refractivity contribution in [3.05, 3.63) is 36.2 Å². The Morgan fingerprint density at radius 2 is 1.95 bits per heavy atom. The van der Waals surface area contributed by atoms with Crippen LogP contribution < -0.4 is 11.1 Å². The topological polar surface area (TPSA) is 80.9 Å². The molecule has 1 amide bonds. The number of amides is 1. The highest BCUT2D eigenvalue weighted by atomic mass is 32.1.